The van der Waals surface area contributed by atoms with Crippen LogP contribution in [0, 0.1) is 5.21 Å². The van der Waals surface area contributed by atoms with Gasteiger partial charge in [0.2, 0.25) is 0 Å². The third kappa shape index (κ3) is 3.22. The molecule has 0 aromatic carbocycles. The summed E-state index contributed by atoms with van der Waals surface area (Å²) < 4.78 is -0.697. The molecule has 4 heteroatoms. The van der Waals surface area contributed by atoms with E-state index in [2.05, 4.69) is 0 Å². The lowest BCUT2D eigenvalue weighted by molar-refractivity contribution is -0.0741. The summed E-state index contributed by atoms with van der Waals surface area (Å²) in [6, 6.07) is 0. The molecular weight excluding hydrogens is 209 g/mol. The van der Waals surface area contributed by atoms with Crippen LogP contribution in [-0.4, -0.2) is 14.0 Å². The van der Waals surface area contributed by atoms with E-state index in [-0.39, 0.29) is 5.23 Å². The Balaban J connectivity index is 3.54. The van der Waals surface area contributed by atoms with E-state index in [9.17, 15) is 5.21 Å². The molecule has 7 heavy (non-hydrogen) atoms. The quantitative estimate of drug-likeness (QED) is 0.311. The van der Waals surface area contributed by atoms with E-state index in [1.807, 2.05) is 22.6 Å². The average molecular weight is 216 g/mol. The van der Waals surface area contributed by atoms with Gasteiger partial charge in [-0.1, -0.05) is 22.6 Å². The molecular formula is C3H7INO2-. The molecule has 3 nitrogen and oxygen atoms in total. The van der Waals surface area contributed by atoms with E-state index in [1.165, 1.54) is 0 Å². The predicted octanol–water partition coefficient (Wildman–Crippen LogP) is 1.35. The van der Waals surface area contributed by atoms with Crippen LogP contribution in [-0.2, 0) is 0 Å². The average Bonchev–Trinajstić information content (AvgIpc) is 1.31. The molecule has 0 radical (unpaired) electrons. The number of alkyl halides is 1. The Kier molecular flexibility index (Phi) is 2.45. The van der Waals surface area contributed by atoms with E-state index in [0.29, 0.717) is 0 Å². The number of nitrogens with zero attached hydrogens (tertiary/aromatic N) is 1. The zero-order chi connectivity index (χ0) is 6.08. The second kappa shape index (κ2) is 2.25. The fourth-order valence-corrected chi connectivity index (χ4v) is 0. The molecule has 1 N–H and O–H groups in total. The van der Waals surface area contributed by atoms with Crippen molar-refractivity contribution in [1.29, 1.82) is 0 Å². The van der Waals surface area contributed by atoms with Crippen LogP contribution in [0.5, 0.6) is 0 Å². The smallest absolute Gasteiger partial charge is 0.0781 e. The molecule has 0 saturated carbocycles. The molecule has 0 saturated heterocycles. The second-order valence-corrected chi connectivity index (χ2v) is 4.32. The molecule has 0 bridgehead atoms. The largest absolute Gasteiger partial charge is 0.761 e. The molecule has 0 unspecified atom stereocenters. The van der Waals surface area contributed by atoms with Crippen LogP contribution >= 0.6 is 22.6 Å². The molecule has 0 aliphatic rings. The minimum atomic E-state index is -0.697. The molecule has 0 aliphatic carbocycles. The molecule has 0 aromatic rings. The van der Waals surface area contributed by atoms with Gasteiger partial charge in [-0.05, 0) is 13.8 Å². The monoisotopic (exact) mass is 216 g/mol. The van der Waals surface area contributed by atoms with Crippen LogP contribution < -0.4 is 0 Å². The lowest BCUT2D eigenvalue weighted by atomic mass is 10.4. The number of rotatable bonds is 1. The molecule has 0 aliphatic heterocycles. The Bertz CT molecular complexity index is 58.4. The van der Waals surface area contributed by atoms with Gasteiger partial charge in [0, 0.05) is 0 Å². The Morgan fingerprint density at radius 1 is 1.71 bits per heavy atom. The summed E-state index contributed by atoms with van der Waals surface area (Å²) in [4.78, 5) is 0. The third-order valence-electron chi connectivity index (χ3n) is 0.455. The van der Waals surface area contributed by atoms with Crippen molar-refractivity contribution in [1.82, 2.24) is 5.23 Å². The summed E-state index contributed by atoms with van der Waals surface area (Å²) in [5, 5.41) is 18.0. The number of halogens is 1. The van der Waals surface area contributed by atoms with Crippen molar-refractivity contribution in [2.24, 2.45) is 0 Å². The number of hydrogen-bond acceptors (Lipinski definition) is 3. The highest BCUT2D eigenvalue weighted by Gasteiger charge is 2.11. The van der Waals surface area contributed by atoms with Crippen LogP contribution in [0.3, 0.4) is 0 Å². The summed E-state index contributed by atoms with van der Waals surface area (Å²) in [6.07, 6.45) is 0. The lowest BCUT2D eigenvalue weighted by Crippen LogP contribution is -2.29. The van der Waals surface area contributed by atoms with Crippen molar-refractivity contribution >= 4 is 22.6 Å². The number of hydroxylamine groups is 2. The highest BCUT2D eigenvalue weighted by Crippen LogP contribution is 2.18. The first-order valence-electron chi connectivity index (χ1n) is 1.80. The van der Waals surface area contributed by atoms with Crippen LogP contribution in [0.15, 0.2) is 0 Å². The lowest BCUT2D eigenvalue weighted by Gasteiger charge is -2.32. The summed E-state index contributed by atoms with van der Waals surface area (Å²) in [6.45, 7) is 3.22. The van der Waals surface area contributed by atoms with E-state index < -0.39 is 3.55 Å². The third-order valence-corrected chi connectivity index (χ3v) is 0.868. The Hall–Kier alpha value is 0.610. The van der Waals surface area contributed by atoms with E-state index in [4.69, 9.17) is 5.21 Å². The van der Waals surface area contributed by atoms with Gasteiger partial charge in [-0.2, -0.15) is 0 Å². The standard InChI is InChI=1S/C3H7INO2/c1-3(2,4)5(6)7/h6H,1-2H3/q-1. The normalized spacial score (nSPS) is 12.9. The SMILES string of the molecule is CC(C)(I)N([O-])O. The van der Waals surface area contributed by atoms with Crippen LogP contribution in [0.2, 0.25) is 0 Å². The highest BCUT2D eigenvalue weighted by molar-refractivity contribution is 14.1. The van der Waals surface area contributed by atoms with Crippen molar-refractivity contribution < 1.29 is 5.21 Å². The molecule has 0 rings (SSSR count). The highest BCUT2D eigenvalue weighted by atomic mass is 127. The summed E-state index contributed by atoms with van der Waals surface area (Å²) in [7, 11) is 0. The van der Waals surface area contributed by atoms with E-state index >= 15 is 0 Å². The zero-order valence-corrected chi connectivity index (χ0v) is 6.34. The van der Waals surface area contributed by atoms with Crippen molar-refractivity contribution in [3.63, 3.8) is 0 Å². The first-order chi connectivity index (χ1) is 2.94. The Labute approximate surface area is 56.0 Å². The minimum Gasteiger partial charge on any atom is -0.761 e. The zero-order valence-electron chi connectivity index (χ0n) is 4.18. The Morgan fingerprint density at radius 2 is 1.86 bits per heavy atom. The second-order valence-electron chi connectivity index (χ2n) is 1.68. The topological polar surface area (TPSA) is 46.5 Å². The van der Waals surface area contributed by atoms with Gasteiger partial charge in [-0.25, -0.2) is 5.23 Å². The van der Waals surface area contributed by atoms with Gasteiger partial charge in [-0.3, -0.25) is 0 Å². The molecule has 0 spiro atoms. The molecule has 0 aromatic heterocycles. The Morgan fingerprint density at radius 3 is 1.86 bits per heavy atom. The van der Waals surface area contributed by atoms with E-state index in [1.54, 1.807) is 13.8 Å². The van der Waals surface area contributed by atoms with Crippen LogP contribution in [0.1, 0.15) is 13.8 Å². The van der Waals surface area contributed by atoms with Crippen molar-refractivity contribution in [2.45, 2.75) is 17.4 Å². The number of hydrogen-bond donors (Lipinski definition) is 1. The predicted molar refractivity (Wildman–Crippen MR) is 35.1 cm³/mol. The van der Waals surface area contributed by atoms with Crippen LogP contribution in [0.25, 0.3) is 0 Å². The molecule has 0 amide bonds. The van der Waals surface area contributed by atoms with Gasteiger partial charge in [0.25, 0.3) is 0 Å². The maximum Gasteiger partial charge on any atom is 0.0781 e. The minimum absolute atomic E-state index is 0.0758. The van der Waals surface area contributed by atoms with Gasteiger partial charge in [0.1, 0.15) is 0 Å². The van der Waals surface area contributed by atoms with Gasteiger partial charge in [-0.15, -0.1) is 0 Å². The van der Waals surface area contributed by atoms with Crippen molar-refractivity contribution in [2.75, 3.05) is 0 Å². The van der Waals surface area contributed by atoms with E-state index in [0.717, 1.165) is 0 Å². The fourth-order valence-electron chi connectivity index (χ4n) is 0. The molecule has 0 fully saturated rings. The molecule has 44 valence electrons. The van der Waals surface area contributed by atoms with Gasteiger partial charge in [0.05, 0.1) is 3.55 Å². The fraction of sp³-hybridized carbons (Fsp3) is 1.00. The first kappa shape index (κ1) is 7.61. The van der Waals surface area contributed by atoms with Crippen molar-refractivity contribution in [3.8, 4) is 0 Å². The maximum atomic E-state index is 9.93. The summed E-state index contributed by atoms with van der Waals surface area (Å²) in [5.41, 5.74) is 0. The molecule has 0 heterocycles. The summed E-state index contributed by atoms with van der Waals surface area (Å²) >= 11 is 1.83. The van der Waals surface area contributed by atoms with Gasteiger partial charge in [0.15, 0.2) is 0 Å². The van der Waals surface area contributed by atoms with Crippen molar-refractivity contribution in [3.05, 3.63) is 5.21 Å². The first-order valence-corrected chi connectivity index (χ1v) is 2.87. The van der Waals surface area contributed by atoms with Crippen LogP contribution in [0.4, 0.5) is 0 Å². The van der Waals surface area contributed by atoms with Gasteiger partial charge >= 0.3 is 0 Å². The van der Waals surface area contributed by atoms with Gasteiger partial charge < -0.3 is 10.4 Å². The summed E-state index contributed by atoms with van der Waals surface area (Å²) in [5.74, 6) is 0. The molecule has 0 atom stereocenters. The maximum absolute atomic E-state index is 9.93.